The van der Waals surface area contributed by atoms with E-state index in [1.165, 1.54) is 0 Å². The molecule has 1 aliphatic rings. The maximum absolute atomic E-state index is 12.3. The second-order valence-corrected chi connectivity index (χ2v) is 5.72. The Morgan fingerprint density at radius 1 is 1.32 bits per heavy atom. The Hall–Kier alpha value is -0.650. The number of ether oxygens (including phenoxy) is 1. The molecule has 0 aromatic rings. The van der Waals surface area contributed by atoms with Crippen LogP contribution in [0.2, 0.25) is 0 Å². The monoisotopic (exact) mass is 271 g/mol. The van der Waals surface area contributed by atoms with Gasteiger partial charge in [-0.1, -0.05) is 13.3 Å². The molecule has 0 aromatic heterocycles. The molecule has 0 radical (unpaired) electrons. The molecular weight excluding hydrogens is 242 g/mol. The highest BCUT2D eigenvalue weighted by Gasteiger charge is 2.34. The molecule has 1 aliphatic heterocycles. The highest BCUT2D eigenvalue weighted by molar-refractivity contribution is 5.84. The van der Waals surface area contributed by atoms with E-state index < -0.39 is 5.60 Å². The van der Waals surface area contributed by atoms with Gasteiger partial charge in [-0.2, -0.15) is 0 Å². The highest BCUT2D eigenvalue weighted by atomic mass is 16.5. The van der Waals surface area contributed by atoms with Gasteiger partial charge in [0.05, 0.1) is 0 Å². The van der Waals surface area contributed by atoms with Crippen molar-refractivity contribution in [3.05, 3.63) is 0 Å². The molecule has 0 aromatic carbocycles. The lowest BCUT2D eigenvalue weighted by molar-refractivity contribution is -0.153. The fraction of sp³-hybridized carbons (Fsp3) is 0.929. The number of piperazine rings is 1. The van der Waals surface area contributed by atoms with E-state index in [-0.39, 0.29) is 5.91 Å². The highest BCUT2D eigenvalue weighted by Crippen LogP contribution is 2.16. The van der Waals surface area contributed by atoms with Crippen LogP contribution in [-0.4, -0.2) is 67.2 Å². The van der Waals surface area contributed by atoms with E-state index in [2.05, 4.69) is 11.8 Å². The number of hydrogen-bond donors (Lipinski definition) is 1. The Labute approximate surface area is 117 Å². The van der Waals surface area contributed by atoms with E-state index in [9.17, 15) is 4.79 Å². The number of methoxy groups -OCH3 is 1. The van der Waals surface area contributed by atoms with Crippen LogP contribution in [0.3, 0.4) is 0 Å². The number of rotatable bonds is 6. The summed E-state index contributed by atoms with van der Waals surface area (Å²) in [5.74, 6) is 0.0782. The van der Waals surface area contributed by atoms with Crippen LogP contribution in [0, 0.1) is 0 Å². The van der Waals surface area contributed by atoms with Crippen LogP contribution in [0.4, 0.5) is 0 Å². The predicted octanol–water partition coefficient (Wildman–Crippen LogP) is 0.683. The van der Waals surface area contributed by atoms with Crippen LogP contribution in [0.15, 0.2) is 0 Å². The lowest BCUT2D eigenvalue weighted by Crippen LogP contribution is -2.57. The van der Waals surface area contributed by atoms with Gasteiger partial charge in [0, 0.05) is 45.9 Å². The van der Waals surface area contributed by atoms with Gasteiger partial charge in [-0.3, -0.25) is 9.69 Å². The lowest BCUT2D eigenvalue weighted by Gasteiger charge is -2.41. The molecule has 0 saturated carbocycles. The van der Waals surface area contributed by atoms with Crippen LogP contribution < -0.4 is 5.73 Å². The SMILES string of the molecule is CCCC(CN)N1CCN(C(=O)C(C)(C)OC)CC1. The number of nitrogens with zero attached hydrogens (tertiary/aromatic N) is 2. The molecule has 112 valence electrons. The summed E-state index contributed by atoms with van der Waals surface area (Å²) in [6, 6.07) is 0.456. The minimum atomic E-state index is -0.723. The van der Waals surface area contributed by atoms with Crippen molar-refractivity contribution in [2.75, 3.05) is 39.8 Å². The summed E-state index contributed by atoms with van der Waals surface area (Å²) in [5, 5.41) is 0. The molecule has 1 rings (SSSR count). The van der Waals surface area contributed by atoms with Gasteiger partial charge in [-0.15, -0.1) is 0 Å². The fourth-order valence-corrected chi connectivity index (χ4v) is 2.54. The van der Waals surface area contributed by atoms with Crippen LogP contribution in [0.5, 0.6) is 0 Å². The Kier molecular flexibility index (Phi) is 6.23. The van der Waals surface area contributed by atoms with Gasteiger partial charge in [0.2, 0.25) is 0 Å². The summed E-state index contributed by atoms with van der Waals surface area (Å²) in [7, 11) is 1.58. The minimum absolute atomic E-state index is 0.0782. The summed E-state index contributed by atoms with van der Waals surface area (Å²) in [4.78, 5) is 16.6. The van der Waals surface area contributed by atoms with Gasteiger partial charge in [0.15, 0.2) is 0 Å². The van der Waals surface area contributed by atoms with Crippen LogP contribution in [0.25, 0.3) is 0 Å². The topological polar surface area (TPSA) is 58.8 Å². The van der Waals surface area contributed by atoms with Crippen molar-refractivity contribution >= 4 is 5.91 Å². The van der Waals surface area contributed by atoms with E-state index in [4.69, 9.17) is 10.5 Å². The van der Waals surface area contributed by atoms with Gasteiger partial charge in [-0.25, -0.2) is 0 Å². The zero-order valence-corrected chi connectivity index (χ0v) is 12.8. The standard InChI is InChI=1S/C14H29N3O2/c1-5-6-12(11-15)16-7-9-17(10-8-16)13(18)14(2,3)19-4/h12H,5-11,15H2,1-4H3. The zero-order chi connectivity index (χ0) is 14.5. The molecule has 1 saturated heterocycles. The molecule has 0 bridgehead atoms. The van der Waals surface area contributed by atoms with Crippen molar-refractivity contribution in [3.8, 4) is 0 Å². The van der Waals surface area contributed by atoms with E-state index in [1.54, 1.807) is 7.11 Å². The molecule has 5 nitrogen and oxygen atoms in total. The maximum Gasteiger partial charge on any atom is 0.254 e. The first-order valence-corrected chi connectivity index (χ1v) is 7.25. The van der Waals surface area contributed by atoms with Gasteiger partial charge in [0.25, 0.3) is 5.91 Å². The van der Waals surface area contributed by atoms with E-state index in [0.717, 1.165) is 39.0 Å². The number of amides is 1. The van der Waals surface area contributed by atoms with Crippen molar-refractivity contribution < 1.29 is 9.53 Å². The van der Waals surface area contributed by atoms with Gasteiger partial charge < -0.3 is 15.4 Å². The average molecular weight is 271 g/mol. The molecule has 1 heterocycles. The maximum atomic E-state index is 12.3. The quantitative estimate of drug-likeness (QED) is 0.772. The first-order valence-electron chi connectivity index (χ1n) is 7.25. The number of carbonyl (C=O) groups excluding carboxylic acids is 1. The third kappa shape index (κ3) is 4.16. The zero-order valence-electron chi connectivity index (χ0n) is 12.8. The third-order valence-electron chi connectivity index (χ3n) is 4.04. The molecular formula is C14H29N3O2. The number of nitrogens with two attached hydrogens (primary N) is 1. The molecule has 1 fully saturated rings. The van der Waals surface area contributed by atoms with Crippen molar-refractivity contribution in [3.63, 3.8) is 0 Å². The second-order valence-electron chi connectivity index (χ2n) is 5.72. The fourth-order valence-electron chi connectivity index (χ4n) is 2.54. The molecule has 1 amide bonds. The Morgan fingerprint density at radius 3 is 2.32 bits per heavy atom. The van der Waals surface area contributed by atoms with Gasteiger partial charge in [-0.05, 0) is 20.3 Å². The van der Waals surface area contributed by atoms with Crippen LogP contribution >= 0.6 is 0 Å². The molecule has 19 heavy (non-hydrogen) atoms. The first kappa shape index (κ1) is 16.4. The smallest absolute Gasteiger partial charge is 0.254 e. The summed E-state index contributed by atoms with van der Waals surface area (Å²) in [5.41, 5.74) is 5.11. The average Bonchev–Trinajstić information content (AvgIpc) is 2.44. The van der Waals surface area contributed by atoms with Crippen molar-refractivity contribution in [1.82, 2.24) is 9.80 Å². The Morgan fingerprint density at radius 2 is 1.89 bits per heavy atom. The van der Waals surface area contributed by atoms with E-state index in [1.807, 2.05) is 18.7 Å². The lowest BCUT2D eigenvalue weighted by atomic mass is 10.1. The summed E-state index contributed by atoms with van der Waals surface area (Å²) < 4.78 is 5.26. The van der Waals surface area contributed by atoms with Crippen molar-refractivity contribution in [2.24, 2.45) is 5.73 Å². The van der Waals surface area contributed by atoms with Gasteiger partial charge in [0.1, 0.15) is 5.60 Å². The molecule has 0 aliphatic carbocycles. The van der Waals surface area contributed by atoms with Crippen LogP contribution in [0.1, 0.15) is 33.6 Å². The molecule has 0 spiro atoms. The normalized spacial score (nSPS) is 19.5. The Bertz CT molecular complexity index is 286. The summed E-state index contributed by atoms with van der Waals surface area (Å²) in [6.45, 7) is 9.89. The molecule has 5 heteroatoms. The molecule has 1 unspecified atom stereocenters. The van der Waals surface area contributed by atoms with Crippen LogP contribution in [-0.2, 0) is 9.53 Å². The van der Waals surface area contributed by atoms with Crippen molar-refractivity contribution in [1.29, 1.82) is 0 Å². The second kappa shape index (κ2) is 7.22. The Balaban J connectivity index is 2.51. The number of hydrogen-bond acceptors (Lipinski definition) is 4. The van der Waals surface area contributed by atoms with Crippen molar-refractivity contribution in [2.45, 2.75) is 45.3 Å². The minimum Gasteiger partial charge on any atom is -0.369 e. The van der Waals surface area contributed by atoms with Gasteiger partial charge >= 0.3 is 0 Å². The number of carbonyl (C=O) groups is 1. The summed E-state index contributed by atoms with van der Waals surface area (Å²) in [6.07, 6.45) is 2.28. The van der Waals surface area contributed by atoms with E-state index >= 15 is 0 Å². The third-order valence-corrected chi connectivity index (χ3v) is 4.04. The predicted molar refractivity (Wildman–Crippen MR) is 77.0 cm³/mol. The molecule has 1 atom stereocenters. The largest absolute Gasteiger partial charge is 0.369 e. The van der Waals surface area contributed by atoms with E-state index in [0.29, 0.717) is 12.6 Å². The first-order chi connectivity index (χ1) is 8.96. The summed E-state index contributed by atoms with van der Waals surface area (Å²) >= 11 is 0. The molecule has 2 N–H and O–H groups in total.